The van der Waals surface area contributed by atoms with Crippen molar-refractivity contribution in [1.82, 2.24) is 24.7 Å². The van der Waals surface area contributed by atoms with E-state index in [-0.39, 0.29) is 0 Å². The summed E-state index contributed by atoms with van der Waals surface area (Å²) in [6, 6.07) is 11.9. The molecule has 0 radical (unpaired) electrons. The van der Waals surface area contributed by atoms with E-state index in [1.165, 1.54) is 0 Å². The minimum absolute atomic E-state index is 0.555. The van der Waals surface area contributed by atoms with Gasteiger partial charge in [-0.1, -0.05) is 23.4 Å². The molecule has 1 aromatic carbocycles. The molecule has 0 aliphatic heterocycles. The summed E-state index contributed by atoms with van der Waals surface area (Å²) >= 11 is 1.63. The SMILES string of the molecule is Cc1noc(C)c1-c1nc(Nc2ccccc2)c2ncn(-c3ccsc3)c2n1. The maximum Gasteiger partial charge on any atom is 0.170 e. The van der Waals surface area contributed by atoms with Gasteiger partial charge in [0.25, 0.3) is 0 Å². The minimum atomic E-state index is 0.555. The van der Waals surface area contributed by atoms with Crippen molar-refractivity contribution in [1.29, 1.82) is 0 Å². The fourth-order valence-electron chi connectivity index (χ4n) is 3.14. The van der Waals surface area contributed by atoms with Gasteiger partial charge in [-0.3, -0.25) is 4.57 Å². The highest BCUT2D eigenvalue weighted by Gasteiger charge is 2.20. The maximum absolute atomic E-state index is 5.33. The number of nitrogens with zero attached hydrogens (tertiary/aromatic N) is 5. The minimum Gasteiger partial charge on any atom is -0.361 e. The van der Waals surface area contributed by atoms with Gasteiger partial charge in [-0.15, -0.1) is 0 Å². The molecule has 8 heteroatoms. The normalized spacial score (nSPS) is 11.2. The molecule has 28 heavy (non-hydrogen) atoms. The van der Waals surface area contributed by atoms with Gasteiger partial charge in [-0.25, -0.2) is 15.0 Å². The van der Waals surface area contributed by atoms with Crippen molar-refractivity contribution < 1.29 is 4.52 Å². The van der Waals surface area contributed by atoms with Crippen LogP contribution in [0.3, 0.4) is 0 Å². The average molecular weight is 388 g/mol. The van der Waals surface area contributed by atoms with Crippen LogP contribution in [0.4, 0.5) is 11.5 Å². The Morgan fingerprint density at radius 3 is 2.64 bits per heavy atom. The Kier molecular flexibility index (Phi) is 3.91. The molecule has 0 bridgehead atoms. The predicted molar refractivity (Wildman–Crippen MR) is 109 cm³/mol. The summed E-state index contributed by atoms with van der Waals surface area (Å²) in [7, 11) is 0. The molecule has 0 amide bonds. The molecule has 0 spiro atoms. The lowest BCUT2D eigenvalue weighted by Gasteiger charge is -2.09. The van der Waals surface area contributed by atoms with Crippen LogP contribution in [0.15, 0.2) is 58.0 Å². The smallest absolute Gasteiger partial charge is 0.170 e. The van der Waals surface area contributed by atoms with Gasteiger partial charge >= 0.3 is 0 Å². The number of hydrogen-bond acceptors (Lipinski definition) is 7. The molecule has 1 N–H and O–H groups in total. The number of rotatable bonds is 4. The molecule has 5 aromatic rings. The highest BCUT2D eigenvalue weighted by atomic mass is 32.1. The number of imidazole rings is 1. The van der Waals surface area contributed by atoms with Crippen LogP contribution in [0.25, 0.3) is 28.2 Å². The molecular weight excluding hydrogens is 372 g/mol. The zero-order chi connectivity index (χ0) is 19.1. The van der Waals surface area contributed by atoms with Gasteiger partial charge < -0.3 is 9.84 Å². The molecule has 0 saturated heterocycles. The third-order valence-corrected chi connectivity index (χ3v) is 5.14. The Bertz CT molecular complexity index is 1240. The van der Waals surface area contributed by atoms with Crippen LogP contribution >= 0.6 is 11.3 Å². The summed E-state index contributed by atoms with van der Waals surface area (Å²) in [6.45, 7) is 3.75. The molecule has 4 aromatic heterocycles. The Morgan fingerprint density at radius 1 is 1.07 bits per heavy atom. The zero-order valence-corrected chi connectivity index (χ0v) is 16.1. The monoisotopic (exact) mass is 388 g/mol. The number of aromatic nitrogens is 5. The van der Waals surface area contributed by atoms with Crippen LogP contribution in [0.2, 0.25) is 0 Å². The van der Waals surface area contributed by atoms with Crippen LogP contribution in [-0.4, -0.2) is 24.7 Å². The van der Waals surface area contributed by atoms with Crippen molar-refractivity contribution in [3.8, 4) is 17.1 Å². The summed E-state index contributed by atoms with van der Waals surface area (Å²) in [5, 5.41) is 11.5. The number of para-hydroxylation sites is 1. The Labute approximate surface area is 164 Å². The van der Waals surface area contributed by atoms with Crippen LogP contribution in [0.1, 0.15) is 11.5 Å². The summed E-state index contributed by atoms with van der Waals surface area (Å²) in [6.07, 6.45) is 1.77. The van der Waals surface area contributed by atoms with Gasteiger partial charge in [-0.05, 0) is 37.4 Å². The van der Waals surface area contributed by atoms with Crippen molar-refractivity contribution in [3.05, 3.63) is 64.9 Å². The number of fused-ring (bicyclic) bond motifs is 1. The molecule has 4 heterocycles. The van der Waals surface area contributed by atoms with Crippen LogP contribution in [0.5, 0.6) is 0 Å². The third-order valence-electron chi connectivity index (χ3n) is 4.47. The maximum atomic E-state index is 5.33. The molecule has 0 atom stereocenters. The van der Waals surface area contributed by atoms with Crippen LogP contribution in [0, 0.1) is 13.8 Å². The highest BCUT2D eigenvalue weighted by molar-refractivity contribution is 7.08. The highest BCUT2D eigenvalue weighted by Crippen LogP contribution is 2.31. The van der Waals surface area contributed by atoms with Crippen molar-refractivity contribution in [2.45, 2.75) is 13.8 Å². The second kappa shape index (κ2) is 6.58. The van der Waals surface area contributed by atoms with E-state index >= 15 is 0 Å². The quantitative estimate of drug-likeness (QED) is 0.472. The molecule has 138 valence electrons. The first-order valence-corrected chi connectivity index (χ1v) is 9.68. The fraction of sp³-hybridized carbons (Fsp3) is 0.100. The second-order valence-corrected chi connectivity index (χ2v) is 7.13. The molecule has 0 fully saturated rings. The van der Waals surface area contributed by atoms with E-state index in [4.69, 9.17) is 14.5 Å². The first kappa shape index (κ1) is 16.6. The van der Waals surface area contributed by atoms with Crippen LogP contribution < -0.4 is 5.32 Å². The number of hydrogen-bond donors (Lipinski definition) is 1. The second-order valence-electron chi connectivity index (χ2n) is 6.35. The molecule has 7 nitrogen and oxygen atoms in total. The Hall–Kier alpha value is -3.52. The lowest BCUT2D eigenvalue weighted by Crippen LogP contribution is -2.02. The summed E-state index contributed by atoms with van der Waals surface area (Å²) in [4.78, 5) is 14.2. The number of aryl methyl sites for hydroxylation is 2. The van der Waals surface area contributed by atoms with E-state index in [9.17, 15) is 0 Å². The largest absolute Gasteiger partial charge is 0.361 e. The number of nitrogens with one attached hydrogen (secondary N) is 1. The average Bonchev–Trinajstić information content (AvgIpc) is 3.42. The molecule has 5 rings (SSSR count). The van der Waals surface area contributed by atoms with E-state index in [0.29, 0.717) is 22.9 Å². The molecular formula is C20H16N6OS. The standard InChI is InChI=1S/C20H16N6OS/c1-12-16(13(2)27-25-12)18-23-19(22-14-6-4-3-5-7-14)17-20(24-18)26(11-21-17)15-8-9-28-10-15/h3-11H,1-2H3,(H,22,23,24). The molecule has 0 saturated carbocycles. The van der Waals surface area contributed by atoms with Gasteiger partial charge in [0.15, 0.2) is 22.8 Å². The van der Waals surface area contributed by atoms with Gasteiger partial charge in [0.2, 0.25) is 0 Å². The van der Waals surface area contributed by atoms with Crippen molar-refractivity contribution in [2.75, 3.05) is 5.32 Å². The summed E-state index contributed by atoms with van der Waals surface area (Å²) < 4.78 is 7.30. The van der Waals surface area contributed by atoms with E-state index in [0.717, 1.165) is 28.3 Å². The van der Waals surface area contributed by atoms with Gasteiger partial charge in [-0.2, -0.15) is 11.3 Å². The fourth-order valence-corrected chi connectivity index (χ4v) is 3.77. The van der Waals surface area contributed by atoms with Crippen molar-refractivity contribution in [2.24, 2.45) is 0 Å². The van der Waals surface area contributed by atoms with E-state index in [1.54, 1.807) is 17.7 Å². The van der Waals surface area contributed by atoms with Gasteiger partial charge in [0.1, 0.15) is 12.1 Å². The topological polar surface area (TPSA) is 81.7 Å². The van der Waals surface area contributed by atoms with Crippen LogP contribution in [-0.2, 0) is 0 Å². The molecule has 0 unspecified atom stereocenters. The first-order chi connectivity index (χ1) is 13.7. The van der Waals surface area contributed by atoms with E-state index in [1.807, 2.05) is 60.2 Å². The van der Waals surface area contributed by atoms with Gasteiger partial charge in [0.05, 0.1) is 16.9 Å². The lowest BCUT2D eigenvalue weighted by molar-refractivity contribution is 0.393. The van der Waals surface area contributed by atoms with Crippen molar-refractivity contribution >= 4 is 34.0 Å². The number of anilines is 2. The summed E-state index contributed by atoms with van der Waals surface area (Å²) in [5.41, 5.74) is 4.92. The van der Waals surface area contributed by atoms with E-state index < -0.39 is 0 Å². The van der Waals surface area contributed by atoms with Gasteiger partial charge in [0, 0.05) is 11.1 Å². The molecule has 0 aliphatic carbocycles. The lowest BCUT2D eigenvalue weighted by atomic mass is 10.2. The zero-order valence-electron chi connectivity index (χ0n) is 15.2. The molecule has 0 aliphatic rings. The number of thiophene rings is 1. The first-order valence-electron chi connectivity index (χ1n) is 8.73. The van der Waals surface area contributed by atoms with E-state index in [2.05, 4.69) is 20.8 Å². The number of benzene rings is 1. The Balaban J connectivity index is 1.75. The summed E-state index contributed by atoms with van der Waals surface area (Å²) in [5.74, 6) is 1.88. The third kappa shape index (κ3) is 2.74. The Morgan fingerprint density at radius 2 is 1.93 bits per heavy atom. The van der Waals surface area contributed by atoms with Crippen molar-refractivity contribution in [3.63, 3.8) is 0 Å². The predicted octanol–water partition coefficient (Wildman–Crippen LogP) is 4.89.